The molecule has 0 saturated carbocycles. The molecule has 1 aliphatic rings. The lowest BCUT2D eigenvalue weighted by Crippen LogP contribution is -2.12. The van der Waals surface area contributed by atoms with Crippen LogP contribution in [0.25, 0.3) is 11.3 Å². The zero-order chi connectivity index (χ0) is 15.2. The Morgan fingerprint density at radius 1 is 1.29 bits per heavy atom. The van der Waals surface area contributed by atoms with Crippen molar-refractivity contribution in [1.29, 1.82) is 5.26 Å². The Bertz CT molecular complexity index is 791. The van der Waals surface area contributed by atoms with Crippen molar-refractivity contribution in [2.45, 2.75) is 25.7 Å². The fourth-order valence-corrected chi connectivity index (χ4v) is 3.13. The minimum Gasteiger partial charge on any atom is -0.411 e. The van der Waals surface area contributed by atoms with E-state index in [-0.39, 0.29) is 5.41 Å². The molecular weight excluding hydrogens is 262 g/mol. The number of benzene rings is 1. The number of fused-ring (bicyclic) bond motifs is 1. The molecule has 0 unspecified atom stereocenters. The van der Waals surface area contributed by atoms with Gasteiger partial charge in [-0.1, -0.05) is 31.1 Å². The predicted molar refractivity (Wildman–Crippen MR) is 81.5 cm³/mol. The first-order valence-corrected chi connectivity index (χ1v) is 6.90. The van der Waals surface area contributed by atoms with Gasteiger partial charge in [-0.2, -0.15) is 5.26 Å². The van der Waals surface area contributed by atoms with Crippen molar-refractivity contribution in [3.63, 3.8) is 0 Å². The fourth-order valence-electron chi connectivity index (χ4n) is 3.13. The summed E-state index contributed by atoms with van der Waals surface area (Å²) in [5.74, 6) is 0. The summed E-state index contributed by atoms with van der Waals surface area (Å²) in [6.45, 7) is 4.30. The van der Waals surface area contributed by atoms with Gasteiger partial charge < -0.3 is 9.77 Å². The Balaban J connectivity index is 2.17. The molecule has 1 aromatic carbocycles. The van der Waals surface area contributed by atoms with Crippen LogP contribution in [-0.2, 0) is 12.5 Å². The number of hydrogen-bond donors (Lipinski definition) is 1. The van der Waals surface area contributed by atoms with E-state index >= 15 is 0 Å². The second kappa shape index (κ2) is 4.49. The molecule has 21 heavy (non-hydrogen) atoms. The lowest BCUT2D eigenvalue weighted by Gasteiger charge is -2.19. The molecule has 4 heteroatoms. The zero-order valence-electron chi connectivity index (χ0n) is 12.4. The maximum absolute atomic E-state index is 9.16. The average molecular weight is 279 g/mol. The summed E-state index contributed by atoms with van der Waals surface area (Å²) in [4.78, 5) is 0. The van der Waals surface area contributed by atoms with E-state index in [2.05, 4.69) is 31.1 Å². The lowest BCUT2D eigenvalue weighted by atomic mass is 9.85. The third kappa shape index (κ3) is 1.93. The van der Waals surface area contributed by atoms with Gasteiger partial charge in [-0.25, -0.2) is 0 Å². The molecule has 1 heterocycles. The molecule has 1 aromatic heterocycles. The van der Waals surface area contributed by atoms with Gasteiger partial charge in [0.1, 0.15) is 11.8 Å². The van der Waals surface area contributed by atoms with Crippen LogP contribution in [0.15, 0.2) is 35.5 Å². The van der Waals surface area contributed by atoms with E-state index in [1.54, 1.807) is 0 Å². The highest BCUT2D eigenvalue weighted by molar-refractivity contribution is 6.06. The molecule has 106 valence electrons. The smallest absolute Gasteiger partial charge is 0.120 e. The molecule has 0 fully saturated rings. The first kappa shape index (κ1) is 13.4. The van der Waals surface area contributed by atoms with E-state index in [4.69, 9.17) is 10.5 Å². The Morgan fingerprint density at radius 3 is 2.67 bits per heavy atom. The van der Waals surface area contributed by atoms with Crippen molar-refractivity contribution in [1.82, 2.24) is 4.57 Å². The summed E-state index contributed by atoms with van der Waals surface area (Å²) in [7, 11) is 1.90. The predicted octanol–water partition coefficient (Wildman–Crippen LogP) is 3.42. The Hall–Kier alpha value is -2.54. The summed E-state index contributed by atoms with van der Waals surface area (Å²) in [5.41, 5.74) is 5.63. The van der Waals surface area contributed by atoms with Crippen molar-refractivity contribution in [3.05, 3.63) is 47.2 Å². The fraction of sp³-hybridized carbons (Fsp3) is 0.294. The van der Waals surface area contributed by atoms with Gasteiger partial charge in [-0.3, -0.25) is 0 Å². The quantitative estimate of drug-likeness (QED) is 0.642. The maximum Gasteiger partial charge on any atom is 0.120 e. The zero-order valence-corrected chi connectivity index (χ0v) is 12.4. The third-order valence-corrected chi connectivity index (χ3v) is 4.32. The second-order valence-corrected chi connectivity index (χ2v) is 6.14. The highest BCUT2D eigenvalue weighted by atomic mass is 16.4. The number of oxime groups is 1. The first-order valence-electron chi connectivity index (χ1n) is 6.90. The van der Waals surface area contributed by atoms with Crippen LogP contribution in [0.1, 0.15) is 37.1 Å². The summed E-state index contributed by atoms with van der Waals surface area (Å²) in [5, 5.41) is 21.7. The van der Waals surface area contributed by atoms with E-state index < -0.39 is 0 Å². The molecular formula is C17H17N3O. The van der Waals surface area contributed by atoms with Gasteiger partial charge >= 0.3 is 0 Å². The maximum atomic E-state index is 9.16. The minimum atomic E-state index is -0.0455. The molecule has 1 N–H and O–H groups in total. The average Bonchev–Trinajstić information content (AvgIpc) is 2.96. The van der Waals surface area contributed by atoms with Gasteiger partial charge in [0.15, 0.2) is 0 Å². The number of nitriles is 1. The van der Waals surface area contributed by atoms with Crippen molar-refractivity contribution < 1.29 is 5.21 Å². The van der Waals surface area contributed by atoms with Crippen LogP contribution in [0.4, 0.5) is 0 Å². The number of rotatable bonds is 1. The standard InChI is InChI=1S/C17H17N3O/c1-17(2)9-15(19-21)13-6-4-11(8-14(13)17)16-7-5-12(10-18)20(16)3/h4-8,21H,9H2,1-3H3. The van der Waals surface area contributed by atoms with Gasteiger partial charge in [0.2, 0.25) is 0 Å². The van der Waals surface area contributed by atoms with Gasteiger partial charge in [0.25, 0.3) is 0 Å². The van der Waals surface area contributed by atoms with Gasteiger partial charge in [0.05, 0.1) is 5.71 Å². The molecule has 1 aliphatic carbocycles. The van der Waals surface area contributed by atoms with Crippen LogP contribution in [0.5, 0.6) is 0 Å². The molecule has 4 nitrogen and oxygen atoms in total. The van der Waals surface area contributed by atoms with Crippen molar-refractivity contribution in [2.24, 2.45) is 12.2 Å². The Morgan fingerprint density at radius 2 is 2.05 bits per heavy atom. The second-order valence-electron chi connectivity index (χ2n) is 6.14. The molecule has 0 atom stereocenters. The Labute approximate surface area is 123 Å². The summed E-state index contributed by atoms with van der Waals surface area (Å²) < 4.78 is 1.89. The molecule has 0 radical (unpaired) electrons. The molecule has 2 aromatic rings. The normalized spacial score (nSPS) is 17.7. The molecule has 0 saturated heterocycles. The number of hydrogen-bond acceptors (Lipinski definition) is 3. The van der Waals surface area contributed by atoms with Crippen LogP contribution in [0.2, 0.25) is 0 Å². The summed E-state index contributed by atoms with van der Waals surface area (Å²) in [6.07, 6.45) is 0.735. The monoisotopic (exact) mass is 279 g/mol. The van der Waals surface area contributed by atoms with Crippen molar-refractivity contribution >= 4 is 5.71 Å². The molecule has 0 bridgehead atoms. The van der Waals surface area contributed by atoms with Crippen molar-refractivity contribution in [2.75, 3.05) is 0 Å². The summed E-state index contributed by atoms with van der Waals surface area (Å²) >= 11 is 0. The van der Waals surface area contributed by atoms with E-state index in [1.165, 1.54) is 5.56 Å². The number of nitrogens with zero attached hydrogens (tertiary/aromatic N) is 3. The lowest BCUT2D eigenvalue weighted by molar-refractivity contribution is 0.317. The molecule has 3 rings (SSSR count). The van der Waals surface area contributed by atoms with Gasteiger partial charge in [-0.15, -0.1) is 0 Å². The van der Waals surface area contributed by atoms with Crippen LogP contribution in [-0.4, -0.2) is 15.5 Å². The molecule has 0 aliphatic heterocycles. The van der Waals surface area contributed by atoms with Gasteiger partial charge in [0, 0.05) is 24.7 Å². The van der Waals surface area contributed by atoms with E-state index in [0.717, 1.165) is 29.0 Å². The Kier molecular flexibility index (Phi) is 2.87. The third-order valence-electron chi connectivity index (χ3n) is 4.32. The van der Waals surface area contributed by atoms with E-state index in [1.807, 2.05) is 35.9 Å². The molecule has 0 spiro atoms. The SMILES string of the molecule is Cn1c(C#N)ccc1-c1ccc2c(c1)C(C)(C)CC2=NO. The highest BCUT2D eigenvalue weighted by Crippen LogP contribution is 2.40. The number of aromatic nitrogens is 1. The first-order chi connectivity index (χ1) is 9.97. The van der Waals surface area contributed by atoms with Crippen LogP contribution < -0.4 is 0 Å². The minimum absolute atomic E-state index is 0.0455. The van der Waals surface area contributed by atoms with Crippen molar-refractivity contribution in [3.8, 4) is 17.3 Å². The van der Waals surface area contributed by atoms with E-state index in [0.29, 0.717) is 5.69 Å². The van der Waals surface area contributed by atoms with Crippen LogP contribution in [0.3, 0.4) is 0 Å². The summed E-state index contributed by atoms with van der Waals surface area (Å²) in [6, 6.07) is 12.1. The largest absolute Gasteiger partial charge is 0.411 e. The van der Waals surface area contributed by atoms with Gasteiger partial charge in [-0.05, 0) is 34.7 Å². The highest BCUT2D eigenvalue weighted by Gasteiger charge is 2.35. The molecule has 0 amide bonds. The van der Waals surface area contributed by atoms with E-state index in [9.17, 15) is 0 Å². The van der Waals surface area contributed by atoms with Crippen LogP contribution >= 0.6 is 0 Å². The topological polar surface area (TPSA) is 61.3 Å². The van der Waals surface area contributed by atoms with Crippen LogP contribution in [0, 0.1) is 11.3 Å².